The average Bonchev–Trinajstić information content (AvgIpc) is 2.86. The van der Waals surface area contributed by atoms with Crippen molar-refractivity contribution in [3.8, 4) is 5.75 Å². The number of anilines is 1. The van der Waals surface area contributed by atoms with E-state index in [1.54, 1.807) is 7.11 Å². The molecule has 2 aliphatic carbocycles. The van der Waals surface area contributed by atoms with Crippen LogP contribution in [0.4, 0.5) is 15.3 Å². The summed E-state index contributed by atoms with van der Waals surface area (Å²) in [5.74, 6) is 1.03. The summed E-state index contributed by atoms with van der Waals surface area (Å²) in [6.07, 6.45) is 5.46. The minimum atomic E-state index is -0.600. The number of hydrogen-bond acceptors (Lipinski definition) is 5. The Hall–Kier alpha value is -3.22. The molecule has 1 heterocycles. The maximum Gasteiger partial charge on any atom is 0.412 e. The van der Waals surface area contributed by atoms with E-state index in [-0.39, 0.29) is 24.2 Å². The molecular weight excluding hydrogens is 468 g/mol. The van der Waals surface area contributed by atoms with Crippen molar-refractivity contribution in [1.82, 2.24) is 4.90 Å². The van der Waals surface area contributed by atoms with Crippen LogP contribution in [0.3, 0.4) is 0 Å². The van der Waals surface area contributed by atoms with Gasteiger partial charge in [0.15, 0.2) is 0 Å². The summed E-state index contributed by atoms with van der Waals surface area (Å²) in [6, 6.07) is 14.0. The lowest BCUT2D eigenvalue weighted by Crippen LogP contribution is -2.62. The van der Waals surface area contributed by atoms with E-state index in [1.165, 1.54) is 18.4 Å². The number of carbonyl (C=O) groups excluding carboxylic acids is 2. The molecule has 7 nitrogen and oxygen atoms in total. The number of piperidine rings is 1. The zero-order valence-electron chi connectivity index (χ0n) is 22.3. The van der Waals surface area contributed by atoms with Crippen LogP contribution in [0.15, 0.2) is 42.5 Å². The Labute approximate surface area is 219 Å². The fourth-order valence-electron chi connectivity index (χ4n) is 6.75. The minimum absolute atomic E-state index is 0.0183. The van der Waals surface area contributed by atoms with Crippen molar-refractivity contribution in [3.05, 3.63) is 59.2 Å². The number of methoxy groups -OCH3 is 1. The molecule has 0 spiro atoms. The molecule has 3 aliphatic rings. The number of nitrogens with one attached hydrogen (secondary N) is 1. The van der Waals surface area contributed by atoms with Crippen LogP contribution < -0.4 is 10.1 Å². The molecule has 2 aromatic carbocycles. The Bertz CT molecular complexity index is 1160. The van der Waals surface area contributed by atoms with Gasteiger partial charge in [-0.2, -0.15) is 0 Å². The molecule has 2 amide bonds. The van der Waals surface area contributed by atoms with Gasteiger partial charge in [-0.15, -0.1) is 0 Å². The highest BCUT2D eigenvalue weighted by Gasteiger charge is 2.55. The number of hydrogen-bond donors (Lipinski definition) is 1. The van der Waals surface area contributed by atoms with Crippen molar-refractivity contribution in [2.24, 2.45) is 5.92 Å². The Morgan fingerprint density at radius 2 is 1.89 bits per heavy atom. The van der Waals surface area contributed by atoms with Gasteiger partial charge in [0.25, 0.3) is 0 Å². The molecule has 0 radical (unpaired) electrons. The van der Waals surface area contributed by atoms with Crippen molar-refractivity contribution in [2.75, 3.05) is 19.0 Å². The third-order valence-corrected chi connectivity index (χ3v) is 8.23. The van der Waals surface area contributed by atoms with Gasteiger partial charge in [0.1, 0.15) is 18.0 Å². The highest BCUT2D eigenvalue weighted by molar-refractivity contribution is 5.87. The van der Waals surface area contributed by atoms with Gasteiger partial charge in [0.05, 0.1) is 12.8 Å². The first-order valence-electron chi connectivity index (χ1n) is 13.4. The van der Waals surface area contributed by atoms with Gasteiger partial charge >= 0.3 is 12.2 Å². The summed E-state index contributed by atoms with van der Waals surface area (Å²) >= 11 is 0. The molecule has 0 aromatic heterocycles. The summed E-state index contributed by atoms with van der Waals surface area (Å²) in [6.45, 7) is 6.48. The maximum absolute atomic E-state index is 13.3. The molecule has 198 valence electrons. The normalized spacial score (nSPS) is 24.4. The van der Waals surface area contributed by atoms with Crippen molar-refractivity contribution in [1.29, 1.82) is 0 Å². The van der Waals surface area contributed by atoms with Gasteiger partial charge in [-0.1, -0.05) is 43.2 Å². The number of benzene rings is 2. The lowest BCUT2D eigenvalue weighted by molar-refractivity contribution is -0.0137. The quantitative estimate of drug-likeness (QED) is 0.517. The smallest absolute Gasteiger partial charge is 0.412 e. The van der Waals surface area contributed by atoms with E-state index >= 15 is 0 Å². The molecule has 0 unspecified atom stereocenters. The van der Waals surface area contributed by atoms with Crippen LogP contribution >= 0.6 is 0 Å². The number of ether oxygens (including phenoxy) is 3. The molecule has 1 saturated carbocycles. The van der Waals surface area contributed by atoms with Crippen LogP contribution in [-0.2, 0) is 27.9 Å². The topological polar surface area (TPSA) is 77.1 Å². The third-order valence-electron chi connectivity index (χ3n) is 8.23. The SMILES string of the molecule is COc1cc2c(cc1NC(=O)OC(C)(C)C)C[C@H]1[C@H]3CCCC[C@@]23CCN1C(=O)OCc1ccccc1. The van der Waals surface area contributed by atoms with Crippen LogP contribution in [0.2, 0.25) is 0 Å². The second-order valence-corrected chi connectivity index (χ2v) is 11.6. The van der Waals surface area contributed by atoms with Gasteiger partial charge in [-0.3, -0.25) is 5.32 Å². The fourth-order valence-corrected chi connectivity index (χ4v) is 6.75. The van der Waals surface area contributed by atoms with Crippen LogP contribution in [0.1, 0.15) is 69.6 Å². The first-order valence-corrected chi connectivity index (χ1v) is 13.4. The Kier molecular flexibility index (Phi) is 6.82. The van der Waals surface area contributed by atoms with Crippen molar-refractivity contribution >= 4 is 17.9 Å². The summed E-state index contributed by atoms with van der Waals surface area (Å²) in [5, 5.41) is 2.88. The minimum Gasteiger partial charge on any atom is -0.495 e. The van der Waals surface area contributed by atoms with E-state index < -0.39 is 11.7 Å². The number of amides is 2. The number of nitrogens with zero attached hydrogens (tertiary/aromatic N) is 1. The first kappa shape index (κ1) is 25.4. The highest BCUT2D eigenvalue weighted by atomic mass is 16.6. The van der Waals surface area contributed by atoms with E-state index in [4.69, 9.17) is 14.2 Å². The van der Waals surface area contributed by atoms with E-state index in [0.29, 0.717) is 23.9 Å². The number of rotatable bonds is 4. The molecule has 2 bridgehead atoms. The average molecular weight is 507 g/mol. The zero-order chi connectivity index (χ0) is 26.2. The van der Waals surface area contributed by atoms with Crippen molar-refractivity contribution in [3.63, 3.8) is 0 Å². The summed E-state index contributed by atoms with van der Waals surface area (Å²) in [4.78, 5) is 27.8. The van der Waals surface area contributed by atoms with Crippen molar-refractivity contribution < 1.29 is 23.8 Å². The monoisotopic (exact) mass is 506 g/mol. The fraction of sp³-hybridized carbons (Fsp3) is 0.533. The molecule has 1 saturated heterocycles. The summed E-state index contributed by atoms with van der Waals surface area (Å²) < 4.78 is 17.0. The van der Waals surface area contributed by atoms with Gasteiger partial charge < -0.3 is 19.1 Å². The maximum atomic E-state index is 13.3. The van der Waals surface area contributed by atoms with Gasteiger partial charge in [0.2, 0.25) is 0 Å². The van der Waals surface area contributed by atoms with Crippen LogP contribution in [-0.4, -0.2) is 42.4 Å². The van der Waals surface area contributed by atoms with E-state index in [2.05, 4.69) is 11.4 Å². The molecule has 1 aliphatic heterocycles. The first-order chi connectivity index (χ1) is 17.7. The van der Waals surface area contributed by atoms with Crippen LogP contribution in [0, 0.1) is 5.92 Å². The van der Waals surface area contributed by atoms with E-state index in [1.807, 2.05) is 62.1 Å². The lowest BCUT2D eigenvalue weighted by atomic mass is 9.52. The van der Waals surface area contributed by atoms with Crippen molar-refractivity contribution in [2.45, 2.75) is 83.0 Å². The third kappa shape index (κ3) is 5.00. The van der Waals surface area contributed by atoms with E-state index in [0.717, 1.165) is 36.8 Å². The van der Waals surface area contributed by atoms with Crippen LogP contribution in [0.25, 0.3) is 0 Å². The molecule has 5 rings (SSSR count). The predicted octanol–water partition coefficient (Wildman–Crippen LogP) is 6.44. The Morgan fingerprint density at radius 1 is 1.11 bits per heavy atom. The molecule has 37 heavy (non-hydrogen) atoms. The predicted molar refractivity (Wildman–Crippen MR) is 142 cm³/mol. The zero-order valence-corrected chi connectivity index (χ0v) is 22.3. The summed E-state index contributed by atoms with van der Waals surface area (Å²) in [5.41, 5.74) is 3.48. The van der Waals surface area contributed by atoms with E-state index in [9.17, 15) is 9.59 Å². The largest absolute Gasteiger partial charge is 0.495 e. The Balaban J connectivity index is 1.43. The molecule has 1 N–H and O–H groups in total. The van der Waals surface area contributed by atoms with Crippen LogP contribution in [0.5, 0.6) is 5.75 Å². The number of carbonyl (C=O) groups is 2. The lowest BCUT2D eigenvalue weighted by Gasteiger charge is -2.58. The molecular formula is C30H38N2O5. The van der Waals surface area contributed by atoms with Gasteiger partial charge in [-0.05, 0) is 81.2 Å². The molecule has 7 heteroatoms. The number of likely N-dealkylation sites (tertiary alicyclic amines) is 1. The summed E-state index contributed by atoms with van der Waals surface area (Å²) in [7, 11) is 1.63. The number of fused-ring (bicyclic) bond motifs is 1. The standard InChI is InChI=1S/C30H38N2O5/c1-29(2,3)37-27(33)31-24-16-21-17-25-22-12-8-9-13-30(22,23(21)18-26(24)35-4)14-15-32(25)28(34)36-19-20-10-6-5-7-11-20/h5-7,10-11,16,18,22,25H,8-9,12-15,17,19H2,1-4H3,(H,31,33)/t22-,25+,30+/m1/s1. The van der Waals surface area contributed by atoms with Gasteiger partial charge in [0, 0.05) is 18.0 Å². The second kappa shape index (κ2) is 9.92. The molecule has 3 atom stereocenters. The molecule has 2 fully saturated rings. The van der Waals surface area contributed by atoms with Gasteiger partial charge in [-0.25, -0.2) is 9.59 Å². The Morgan fingerprint density at radius 3 is 2.62 bits per heavy atom. The second-order valence-electron chi connectivity index (χ2n) is 11.6. The highest BCUT2D eigenvalue weighted by Crippen LogP contribution is 2.57. The molecule has 2 aromatic rings.